The first-order valence-corrected chi connectivity index (χ1v) is 10.4. The summed E-state index contributed by atoms with van der Waals surface area (Å²) < 4.78 is 7.86. The monoisotopic (exact) mass is 372 g/mol. The van der Waals surface area contributed by atoms with Crippen LogP contribution in [0.4, 0.5) is 0 Å². The minimum Gasteiger partial charge on any atom is -0.370 e. The van der Waals surface area contributed by atoms with Crippen LogP contribution in [0.1, 0.15) is 56.3 Å². The third kappa shape index (κ3) is 2.73. The molecule has 7 heteroatoms. The number of aromatic nitrogens is 4. The summed E-state index contributed by atoms with van der Waals surface area (Å²) >= 11 is 1.74. The van der Waals surface area contributed by atoms with Crippen molar-refractivity contribution in [1.82, 2.24) is 19.6 Å². The average Bonchev–Trinajstić information content (AvgIpc) is 3.16. The Morgan fingerprint density at radius 3 is 3.12 bits per heavy atom. The lowest BCUT2D eigenvalue weighted by Gasteiger charge is -2.30. The number of thiophene rings is 1. The molecule has 0 radical (unpaired) electrons. The van der Waals surface area contributed by atoms with Gasteiger partial charge in [-0.15, -0.1) is 16.4 Å². The number of likely N-dealkylation sites (tertiary alicyclic amines) is 1. The molecule has 2 atom stereocenters. The van der Waals surface area contributed by atoms with Crippen LogP contribution in [-0.4, -0.2) is 37.8 Å². The Morgan fingerprint density at radius 2 is 2.27 bits per heavy atom. The van der Waals surface area contributed by atoms with E-state index in [9.17, 15) is 0 Å². The first-order valence-electron chi connectivity index (χ1n) is 9.63. The fraction of sp³-hybridized carbons (Fsp3) is 0.632. The number of ether oxygens (including phenoxy) is 1. The van der Waals surface area contributed by atoms with Gasteiger partial charge in [-0.1, -0.05) is 0 Å². The second-order valence-corrected chi connectivity index (χ2v) is 9.52. The van der Waals surface area contributed by atoms with Crippen LogP contribution in [0.5, 0.6) is 0 Å². The standard InChI is InChI=1S/C19H25N5OS/c1-12-6-4-5-7-23(12)9-15-21-17-16-13-8-19(2,3)25-10-14(13)26-18(16)20-11-24(17)22-15/h11-12H,4-10H2,1-3H3/p+1/t12-/m1/s1. The van der Waals surface area contributed by atoms with Gasteiger partial charge in [-0.3, -0.25) is 0 Å². The van der Waals surface area contributed by atoms with Crippen molar-refractivity contribution < 1.29 is 9.64 Å². The Kier molecular flexibility index (Phi) is 3.81. The lowest BCUT2D eigenvalue weighted by Crippen LogP contribution is -3.15. The molecule has 5 rings (SSSR count). The molecular formula is C19H26N5OS+. The van der Waals surface area contributed by atoms with Crippen LogP contribution < -0.4 is 4.90 Å². The van der Waals surface area contributed by atoms with E-state index in [4.69, 9.17) is 14.8 Å². The fourth-order valence-electron chi connectivity index (χ4n) is 4.38. The van der Waals surface area contributed by atoms with Crippen LogP contribution in [0.3, 0.4) is 0 Å². The van der Waals surface area contributed by atoms with Gasteiger partial charge in [0.25, 0.3) is 0 Å². The molecule has 26 heavy (non-hydrogen) atoms. The molecule has 0 aliphatic carbocycles. The molecule has 138 valence electrons. The van der Waals surface area contributed by atoms with E-state index < -0.39 is 0 Å². The Bertz CT molecular complexity index is 975. The van der Waals surface area contributed by atoms with Gasteiger partial charge < -0.3 is 9.64 Å². The molecule has 2 aliphatic heterocycles. The summed E-state index contributed by atoms with van der Waals surface area (Å²) in [6.45, 7) is 9.47. The van der Waals surface area contributed by atoms with Gasteiger partial charge in [0.2, 0.25) is 5.82 Å². The van der Waals surface area contributed by atoms with E-state index in [0.717, 1.165) is 29.3 Å². The zero-order valence-corrected chi connectivity index (χ0v) is 16.5. The molecule has 6 nitrogen and oxygen atoms in total. The van der Waals surface area contributed by atoms with E-state index in [1.165, 1.54) is 41.6 Å². The molecule has 1 unspecified atom stereocenters. The average molecular weight is 373 g/mol. The molecule has 2 aliphatic rings. The highest BCUT2D eigenvalue weighted by atomic mass is 32.1. The van der Waals surface area contributed by atoms with E-state index in [-0.39, 0.29) is 5.60 Å². The Labute approximate surface area is 157 Å². The molecule has 3 aromatic heterocycles. The van der Waals surface area contributed by atoms with Gasteiger partial charge in [-0.05, 0) is 45.6 Å². The summed E-state index contributed by atoms with van der Waals surface area (Å²) in [5.74, 6) is 0.939. The van der Waals surface area contributed by atoms with Crippen LogP contribution in [0.2, 0.25) is 0 Å². The fourth-order valence-corrected chi connectivity index (χ4v) is 5.44. The van der Waals surface area contributed by atoms with E-state index in [2.05, 4.69) is 25.8 Å². The van der Waals surface area contributed by atoms with Gasteiger partial charge >= 0.3 is 0 Å². The van der Waals surface area contributed by atoms with Crippen LogP contribution >= 0.6 is 11.3 Å². The number of rotatable bonds is 2. The first-order chi connectivity index (χ1) is 12.5. The maximum atomic E-state index is 5.99. The summed E-state index contributed by atoms with van der Waals surface area (Å²) in [7, 11) is 0. The van der Waals surface area contributed by atoms with Crippen molar-refractivity contribution in [2.45, 2.75) is 71.2 Å². The summed E-state index contributed by atoms with van der Waals surface area (Å²) in [4.78, 5) is 13.6. The lowest BCUT2D eigenvalue weighted by atomic mass is 9.94. The third-order valence-electron chi connectivity index (χ3n) is 5.92. The topological polar surface area (TPSA) is 56.8 Å². The predicted octanol–water partition coefficient (Wildman–Crippen LogP) is 2.15. The van der Waals surface area contributed by atoms with Crippen molar-refractivity contribution in [3.8, 4) is 0 Å². The van der Waals surface area contributed by atoms with Crippen LogP contribution in [0.25, 0.3) is 15.9 Å². The Hall–Kier alpha value is -1.57. The van der Waals surface area contributed by atoms with Crippen molar-refractivity contribution in [2.75, 3.05) is 6.54 Å². The van der Waals surface area contributed by atoms with Gasteiger partial charge in [-0.2, -0.15) is 0 Å². The van der Waals surface area contributed by atoms with Gasteiger partial charge in [0.05, 0.1) is 30.2 Å². The number of quaternary nitrogens is 1. The minimum absolute atomic E-state index is 0.135. The minimum atomic E-state index is -0.135. The highest BCUT2D eigenvalue weighted by molar-refractivity contribution is 7.19. The molecule has 0 aromatic carbocycles. The number of hydrogen-bond acceptors (Lipinski definition) is 5. The van der Waals surface area contributed by atoms with Crippen molar-refractivity contribution in [3.05, 3.63) is 22.6 Å². The smallest absolute Gasteiger partial charge is 0.206 e. The SMILES string of the molecule is C[C@@H]1CCCC[NH+]1Cc1nc2c3c4c(sc3ncn2n1)COC(C)(C)C4. The lowest BCUT2D eigenvalue weighted by molar-refractivity contribution is -0.942. The third-order valence-corrected chi connectivity index (χ3v) is 7.03. The molecule has 1 fully saturated rings. The number of hydrogen-bond donors (Lipinski definition) is 1. The van der Waals surface area contributed by atoms with Crippen LogP contribution in [0.15, 0.2) is 6.33 Å². The molecular weight excluding hydrogens is 346 g/mol. The van der Waals surface area contributed by atoms with Crippen LogP contribution in [-0.2, 0) is 24.3 Å². The summed E-state index contributed by atoms with van der Waals surface area (Å²) in [6, 6.07) is 0.695. The Morgan fingerprint density at radius 1 is 1.38 bits per heavy atom. The molecule has 0 saturated carbocycles. The van der Waals surface area contributed by atoms with Crippen LogP contribution in [0, 0.1) is 0 Å². The largest absolute Gasteiger partial charge is 0.370 e. The number of nitrogens with zero attached hydrogens (tertiary/aromatic N) is 4. The van der Waals surface area contributed by atoms with Gasteiger partial charge in [0.15, 0.2) is 5.65 Å². The molecule has 0 spiro atoms. The highest BCUT2D eigenvalue weighted by Gasteiger charge is 2.31. The molecule has 0 amide bonds. The number of fused-ring (bicyclic) bond motifs is 5. The summed E-state index contributed by atoms with van der Waals surface area (Å²) in [6.07, 6.45) is 6.69. The van der Waals surface area contributed by atoms with Gasteiger partial charge in [0, 0.05) is 11.3 Å². The highest BCUT2D eigenvalue weighted by Crippen LogP contribution is 2.39. The van der Waals surface area contributed by atoms with Crippen molar-refractivity contribution in [1.29, 1.82) is 0 Å². The van der Waals surface area contributed by atoms with Crippen molar-refractivity contribution in [3.63, 3.8) is 0 Å². The maximum Gasteiger partial charge on any atom is 0.206 e. The van der Waals surface area contributed by atoms with Crippen molar-refractivity contribution in [2.24, 2.45) is 0 Å². The molecule has 1 N–H and O–H groups in total. The molecule has 0 bridgehead atoms. The summed E-state index contributed by atoms with van der Waals surface area (Å²) in [5, 5.41) is 5.94. The molecule has 5 heterocycles. The molecule has 1 saturated heterocycles. The zero-order valence-electron chi connectivity index (χ0n) is 15.7. The number of nitrogens with one attached hydrogen (secondary N) is 1. The van der Waals surface area contributed by atoms with Gasteiger partial charge in [0.1, 0.15) is 17.7 Å². The zero-order chi connectivity index (χ0) is 17.9. The quantitative estimate of drug-likeness (QED) is 0.749. The number of piperidine rings is 1. The maximum absolute atomic E-state index is 5.99. The van der Waals surface area contributed by atoms with E-state index in [1.54, 1.807) is 16.2 Å². The summed E-state index contributed by atoms with van der Waals surface area (Å²) in [5.41, 5.74) is 2.19. The Balaban J connectivity index is 1.58. The normalized spacial score (nSPS) is 25.7. The van der Waals surface area contributed by atoms with Crippen molar-refractivity contribution >= 4 is 27.2 Å². The molecule has 3 aromatic rings. The predicted molar refractivity (Wildman–Crippen MR) is 102 cm³/mol. The second-order valence-electron chi connectivity index (χ2n) is 8.43. The van der Waals surface area contributed by atoms with Gasteiger partial charge in [-0.25, -0.2) is 14.5 Å². The van der Waals surface area contributed by atoms with E-state index in [1.807, 2.05) is 10.8 Å². The first kappa shape index (κ1) is 16.6. The van der Waals surface area contributed by atoms with E-state index in [0.29, 0.717) is 12.6 Å². The van der Waals surface area contributed by atoms with E-state index >= 15 is 0 Å². The second kappa shape index (κ2) is 5.97.